The van der Waals surface area contributed by atoms with Crippen LogP contribution >= 0.6 is 0 Å². The zero-order chi connectivity index (χ0) is 15.1. The smallest absolute Gasteiger partial charge is 0.261 e. The number of amides is 2. The molecule has 2 amide bonds. The molecule has 1 aromatic rings. The standard InChI is InChI=1S/C17H21NO3/c1-10-6-7-11(2)15-14(10)16(20)18(17(15)21)9-12-4-3-5-13(19)8-12/h6-7,12-13,19H,3-5,8-9H2,1-2H3. The predicted molar refractivity (Wildman–Crippen MR) is 79.2 cm³/mol. The first-order valence-electron chi connectivity index (χ1n) is 7.63. The van der Waals surface area contributed by atoms with Crippen molar-refractivity contribution in [2.75, 3.05) is 6.54 Å². The van der Waals surface area contributed by atoms with Crippen LogP contribution < -0.4 is 0 Å². The number of fused-ring (bicyclic) bond motifs is 1. The van der Waals surface area contributed by atoms with E-state index in [-0.39, 0.29) is 23.8 Å². The average molecular weight is 287 g/mol. The zero-order valence-electron chi connectivity index (χ0n) is 12.6. The van der Waals surface area contributed by atoms with Crippen LogP contribution in [0.15, 0.2) is 12.1 Å². The minimum absolute atomic E-state index is 0.170. The summed E-state index contributed by atoms with van der Waals surface area (Å²) in [5.41, 5.74) is 2.85. The van der Waals surface area contributed by atoms with Gasteiger partial charge < -0.3 is 5.11 Å². The molecule has 4 heteroatoms. The fraction of sp³-hybridized carbons (Fsp3) is 0.529. The molecule has 0 spiro atoms. The van der Waals surface area contributed by atoms with E-state index in [1.165, 1.54) is 4.90 Å². The van der Waals surface area contributed by atoms with Crippen LogP contribution in [0.25, 0.3) is 0 Å². The molecule has 1 aromatic carbocycles. The zero-order valence-corrected chi connectivity index (χ0v) is 12.6. The van der Waals surface area contributed by atoms with E-state index in [0.29, 0.717) is 24.1 Å². The summed E-state index contributed by atoms with van der Waals surface area (Å²) in [5, 5.41) is 9.76. The quantitative estimate of drug-likeness (QED) is 0.850. The van der Waals surface area contributed by atoms with Gasteiger partial charge in [-0.3, -0.25) is 14.5 Å². The lowest BCUT2D eigenvalue weighted by Gasteiger charge is -2.28. The van der Waals surface area contributed by atoms with E-state index in [0.717, 1.165) is 30.4 Å². The first-order valence-corrected chi connectivity index (χ1v) is 7.63. The minimum atomic E-state index is -0.289. The van der Waals surface area contributed by atoms with Crippen LogP contribution in [0.4, 0.5) is 0 Å². The number of carbonyl (C=O) groups excluding carboxylic acids is 2. The maximum Gasteiger partial charge on any atom is 0.261 e. The maximum absolute atomic E-state index is 12.6. The van der Waals surface area contributed by atoms with Crippen molar-refractivity contribution in [3.8, 4) is 0 Å². The summed E-state index contributed by atoms with van der Waals surface area (Å²) in [6.45, 7) is 4.18. The highest BCUT2D eigenvalue weighted by Crippen LogP contribution is 2.32. The predicted octanol–water partition coefficient (Wildman–Crippen LogP) is 2.45. The molecule has 21 heavy (non-hydrogen) atoms. The molecule has 3 rings (SSSR count). The number of hydrogen-bond donors (Lipinski definition) is 1. The molecule has 1 aliphatic carbocycles. The fourth-order valence-corrected chi connectivity index (χ4v) is 3.58. The SMILES string of the molecule is Cc1ccc(C)c2c1C(=O)N(CC1CCCC(O)C1)C2=O. The molecule has 0 radical (unpaired) electrons. The highest BCUT2D eigenvalue weighted by molar-refractivity contribution is 6.22. The lowest BCUT2D eigenvalue weighted by molar-refractivity contribution is 0.0541. The van der Waals surface area contributed by atoms with Crippen molar-refractivity contribution in [1.29, 1.82) is 0 Å². The van der Waals surface area contributed by atoms with Gasteiger partial charge in [-0.25, -0.2) is 0 Å². The first-order chi connectivity index (χ1) is 9.99. The van der Waals surface area contributed by atoms with E-state index in [9.17, 15) is 14.7 Å². The van der Waals surface area contributed by atoms with Crippen LogP contribution in [0, 0.1) is 19.8 Å². The number of carbonyl (C=O) groups is 2. The van der Waals surface area contributed by atoms with Crippen molar-refractivity contribution in [2.24, 2.45) is 5.92 Å². The monoisotopic (exact) mass is 287 g/mol. The lowest BCUT2D eigenvalue weighted by Crippen LogP contribution is -2.37. The van der Waals surface area contributed by atoms with Crippen LogP contribution in [0.2, 0.25) is 0 Å². The summed E-state index contributed by atoms with van der Waals surface area (Å²) >= 11 is 0. The molecule has 0 bridgehead atoms. The van der Waals surface area contributed by atoms with Crippen LogP contribution in [0.3, 0.4) is 0 Å². The summed E-state index contributed by atoms with van der Waals surface area (Å²) in [7, 11) is 0. The molecular formula is C17H21NO3. The lowest BCUT2D eigenvalue weighted by atomic mass is 9.87. The van der Waals surface area contributed by atoms with Crippen LogP contribution in [0.1, 0.15) is 57.5 Å². The van der Waals surface area contributed by atoms with Gasteiger partial charge in [-0.1, -0.05) is 18.6 Å². The third-order valence-corrected chi connectivity index (χ3v) is 4.74. The van der Waals surface area contributed by atoms with Gasteiger partial charge in [0.15, 0.2) is 0 Å². The molecule has 0 aromatic heterocycles. The Morgan fingerprint density at radius 2 is 1.67 bits per heavy atom. The van der Waals surface area contributed by atoms with Gasteiger partial charge in [0.25, 0.3) is 11.8 Å². The molecule has 112 valence electrons. The van der Waals surface area contributed by atoms with Gasteiger partial charge in [0.2, 0.25) is 0 Å². The van der Waals surface area contributed by atoms with Crippen molar-refractivity contribution >= 4 is 11.8 Å². The third kappa shape index (κ3) is 2.38. The molecule has 1 saturated carbocycles. The van der Waals surface area contributed by atoms with E-state index < -0.39 is 0 Å². The highest BCUT2D eigenvalue weighted by atomic mass is 16.3. The second kappa shape index (κ2) is 5.26. The number of aliphatic hydroxyl groups excluding tert-OH is 1. The molecule has 2 aliphatic rings. The number of benzene rings is 1. The Morgan fingerprint density at radius 1 is 1.10 bits per heavy atom. The van der Waals surface area contributed by atoms with Crippen molar-refractivity contribution in [3.05, 3.63) is 34.4 Å². The van der Waals surface area contributed by atoms with Gasteiger partial charge in [-0.2, -0.15) is 0 Å². The normalized spacial score (nSPS) is 25.4. The second-order valence-corrected chi connectivity index (χ2v) is 6.36. The number of aliphatic hydroxyl groups is 1. The van der Waals surface area contributed by atoms with Crippen molar-refractivity contribution < 1.29 is 14.7 Å². The van der Waals surface area contributed by atoms with Gasteiger partial charge in [0.1, 0.15) is 0 Å². The fourth-order valence-electron chi connectivity index (χ4n) is 3.58. The number of rotatable bonds is 2. The van der Waals surface area contributed by atoms with E-state index >= 15 is 0 Å². The van der Waals surface area contributed by atoms with E-state index in [2.05, 4.69) is 0 Å². The summed E-state index contributed by atoms with van der Waals surface area (Å²) in [4.78, 5) is 26.5. The van der Waals surface area contributed by atoms with Gasteiger partial charge in [0, 0.05) is 6.54 Å². The van der Waals surface area contributed by atoms with Gasteiger partial charge >= 0.3 is 0 Å². The Kier molecular flexibility index (Phi) is 3.57. The average Bonchev–Trinajstić information content (AvgIpc) is 2.69. The molecule has 4 nitrogen and oxygen atoms in total. The molecular weight excluding hydrogens is 266 g/mol. The van der Waals surface area contributed by atoms with E-state index in [4.69, 9.17) is 0 Å². The van der Waals surface area contributed by atoms with Crippen LogP contribution in [-0.2, 0) is 0 Å². The number of aryl methyl sites for hydroxylation is 2. The van der Waals surface area contributed by atoms with Crippen molar-refractivity contribution in [1.82, 2.24) is 4.90 Å². The molecule has 2 atom stereocenters. The second-order valence-electron chi connectivity index (χ2n) is 6.36. The number of nitrogens with zero attached hydrogens (tertiary/aromatic N) is 1. The Hall–Kier alpha value is -1.68. The maximum atomic E-state index is 12.6. The Bertz CT molecular complexity index is 567. The van der Waals surface area contributed by atoms with Gasteiger partial charge in [0.05, 0.1) is 17.2 Å². The molecule has 0 saturated heterocycles. The van der Waals surface area contributed by atoms with Gasteiger partial charge in [-0.05, 0) is 50.2 Å². The third-order valence-electron chi connectivity index (χ3n) is 4.74. The largest absolute Gasteiger partial charge is 0.393 e. The van der Waals surface area contributed by atoms with Crippen LogP contribution in [0.5, 0.6) is 0 Å². The highest BCUT2D eigenvalue weighted by Gasteiger charge is 2.39. The summed E-state index contributed by atoms with van der Waals surface area (Å²) < 4.78 is 0. The Balaban J connectivity index is 1.86. The molecule has 1 heterocycles. The number of hydrogen-bond acceptors (Lipinski definition) is 3. The molecule has 2 unspecified atom stereocenters. The summed E-state index contributed by atoms with van der Waals surface area (Å²) in [5.74, 6) is -0.121. The Morgan fingerprint density at radius 3 is 2.19 bits per heavy atom. The first kappa shape index (κ1) is 14.3. The van der Waals surface area contributed by atoms with Gasteiger partial charge in [-0.15, -0.1) is 0 Å². The van der Waals surface area contributed by atoms with Crippen LogP contribution in [-0.4, -0.2) is 34.5 Å². The van der Waals surface area contributed by atoms with E-state index in [1.54, 1.807) is 0 Å². The minimum Gasteiger partial charge on any atom is -0.393 e. The molecule has 1 fully saturated rings. The molecule has 1 N–H and O–H groups in total. The summed E-state index contributed by atoms with van der Waals surface area (Å²) in [6, 6.07) is 3.79. The number of imide groups is 1. The van der Waals surface area contributed by atoms with Crippen molar-refractivity contribution in [3.63, 3.8) is 0 Å². The van der Waals surface area contributed by atoms with Crippen molar-refractivity contribution in [2.45, 2.75) is 45.6 Å². The molecule has 1 aliphatic heterocycles. The Labute approximate surface area is 124 Å². The van der Waals surface area contributed by atoms with E-state index in [1.807, 2.05) is 26.0 Å². The topological polar surface area (TPSA) is 57.6 Å². The summed E-state index contributed by atoms with van der Waals surface area (Å²) in [6.07, 6.45) is 3.17.